The molecule has 0 amide bonds. The summed E-state index contributed by atoms with van der Waals surface area (Å²) in [6, 6.07) is 7.94. The van der Waals surface area contributed by atoms with Gasteiger partial charge in [-0.3, -0.25) is 9.38 Å². The minimum atomic E-state index is 0.617. The van der Waals surface area contributed by atoms with Crippen LogP contribution in [-0.2, 0) is 6.42 Å². The molecule has 0 N–H and O–H groups in total. The molecule has 1 aromatic carbocycles. The minimum Gasteiger partial charge on any atom is -0.493 e. The average Bonchev–Trinajstić information content (AvgIpc) is 3.32. The highest BCUT2D eigenvalue weighted by Crippen LogP contribution is 2.35. The number of fused-ring (bicyclic) bond motifs is 2. The van der Waals surface area contributed by atoms with E-state index in [1.54, 1.807) is 18.6 Å². The third-order valence-electron chi connectivity index (χ3n) is 4.88. The van der Waals surface area contributed by atoms with Gasteiger partial charge in [-0.05, 0) is 43.7 Å². The molecule has 3 aromatic heterocycles. The number of pyridine rings is 1. The molecule has 4 aromatic rings. The predicted octanol–water partition coefficient (Wildman–Crippen LogP) is 4.14. The van der Waals surface area contributed by atoms with Crippen LogP contribution in [0.1, 0.15) is 16.8 Å². The van der Waals surface area contributed by atoms with Crippen molar-refractivity contribution in [2.45, 2.75) is 20.3 Å². The summed E-state index contributed by atoms with van der Waals surface area (Å²) in [5.74, 6) is 2.24. The van der Waals surface area contributed by atoms with Crippen molar-refractivity contribution in [2.75, 3.05) is 6.61 Å². The first-order valence-electron chi connectivity index (χ1n) is 8.89. The average molecular weight is 358 g/mol. The van der Waals surface area contributed by atoms with Gasteiger partial charge in [0.1, 0.15) is 11.5 Å². The zero-order valence-corrected chi connectivity index (χ0v) is 15.1. The van der Waals surface area contributed by atoms with Gasteiger partial charge in [0, 0.05) is 30.6 Å². The molecule has 0 bridgehead atoms. The van der Waals surface area contributed by atoms with Gasteiger partial charge in [-0.15, -0.1) is 0 Å². The molecule has 6 heteroatoms. The largest absolute Gasteiger partial charge is 0.493 e. The summed E-state index contributed by atoms with van der Waals surface area (Å²) in [4.78, 5) is 13.2. The number of benzene rings is 1. The molecule has 0 aliphatic carbocycles. The van der Waals surface area contributed by atoms with Gasteiger partial charge in [-0.1, -0.05) is 0 Å². The van der Waals surface area contributed by atoms with Crippen LogP contribution in [0.3, 0.4) is 0 Å². The van der Waals surface area contributed by atoms with E-state index in [2.05, 4.69) is 32.3 Å². The van der Waals surface area contributed by atoms with Gasteiger partial charge in [0.2, 0.25) is 5.88 Å². The number of hydrogen-bond donors (Lipinski definition) is 0. The van der Waals surface area contributed by atoms with Crippen LogP contribution < -0.4 is 9.47 Å². The lowest BCUT2D eigenvalue weighted by Gasteiger charge is -2.14. The molecule has 27 heavy (non-hydrogen) atoms. The summed E-state index contributed by atoms with van der Waals surface area (Å²) in [5, 5.41) is 0. The van der Waals surface area contributed by atoms with E-state index in [9.17, 15) is 0 Å². The van der Waals surface area contributed by atoms with Gasteiger partial charge in [0.05, 0.1) is 29.8 Å². The van der Waals surface area contributed by atoms with Gasteiger partial charge < -0.3 is 9.47 Å². The number of ether oxygens (including phenoxy) is 2. The number of imidazole rings is 1. The molecule has 0 atom stereocenters. The molecular formula is C21H18N4O2. The zero-order chi connectivity index (χ0) is 18.4. The van der Waals surface area contributed by atoms with Gasteiger partial charge in [-0.2, -0.15) is 0 Å². The molecule has 6 nitrogen and oxygen atoms in total. The van der Waals surface area contributed by atoms with Crippen molar-refractivity contribution in [2.24, 2.45) is 0 Å². The number of aryl methyl sites for hydroxylation is 2. The van der Waals surface area contributed by atoms with E-state index in [0.29, 0.717) is 12.5 Å². The Morgan fingerprint density at radius 2 is 2.00 bits per heavy atom. The molecule has 0 unspecified atom stereocenters. The van der Waals surface area contributed by atoms with Crippen molar-refractivity contribution in [3.63, 3.8) is 0 Å². The van der Waals surface area contributed by atoms with E-state index in [1.165, 1.54) is 0 Å². The summed E-state index contributed by atoms with van der Waals surface area (Å²) in [6.45, 7) is 4.76. The highest BCUT2D eigenvalue weighted by molar-refractivity contribution is 5.69. The number of hydrogen-bond acceptors (Lipinski definition) is 5. The summed E-state index contributed by atoms with van der Waals surface area (Å²) >= 11 is 0. The maximum Gasteiger partial charge on any atom is 0.226 e. The Morgan fingerprint density at radius 3 is 2.89 bits per heavy atom. The summed E-state index contributed by atoms with van der Waals surface area (Å²) in [7, 11) is 0. The van der Waals surface area contributed by atoms with Crippen LogP contribution in [0.4, 0.5) is 0 Å². The molecule has 1 aliphatic rings. The molecule has 0 saturated heterocycles. The monoisotopic (exact) mass is 358 g/mol. The number of aromatic nitrogens is 4. The van der Waals surface area contributed by atoms with Gasteiger partial charge in [-0.25, -0.2) is 9.97 Å². The molecule has 134 valence electrons. The van der Waals surface area contributed by atoms with Crippen LogP contribution in [0.15, 0.2) is 49.1 Å². The lowest BCUT2D eigenvalue weighted by Crippen LogP contribution is -1.99. The highest BCUT2D eigenvalue weighted by atomic mass is 16.5. The lowest BCUT2D eigenvalue weighted by atomic mass is 10.0. The van der Waals surface area contributed by atoms with Crippen molar-refractivity contribution in [1.29, 1.82) is 0 Å². The second-order valence-corrected chi connectivity index (χ2v) is 6.62. The third kappa shape index (κ3) is 2.61. The van der Waals surface area contributed by atoms with Crippen molar-refractivity contribution in [1.82, 2.24) is 19.4 Å². The third-order valence-corrected chi connectivity index (χ3v) is 4.88. The Bertz CT molecular complexity index is 1170. The number of nitrogens with zero attached hydrogens (tertiary/aromatic N) is 4. The highest BCUT2D eigenvalue weighted by Gasteiger charge is 2.19. The summed E-state index contributed by atoms with van der Waals surface area (Å²) < 4.78 is 13.7. The maximum absolute atomic E-state index is 6.07. The van der Waals surface area contributed by atoms with Crippen molar-refractivity contribution >= 4 is 5.65 Å². The zero-order valence-electron chi connectivity index (χ0n) is 15.1. The van der Waals surface area contributed by atoms with E-state index >= 15 is 0 Å². The summed E-state index contributed by atoms with van der Waals surface area (Å²) in [6.07, 6.45) is 8.07. The van der Waals surface area contributed by atoms with Gasteiger partial charge in [0.15, 0.2) is 5.65 Å². The predicted molar refractivity (Wildman–Crippen MR) is 101 cm³/mol. The Hall–Kier alpha value is -3.41. The Morgan fingerprint density at radius 1 is 1.07 bits per heavy atom. The molecule has 0 spiro atoms. The fourth-order valence-electron chi connectivity index (χ4n) is 3.56. The van der Waals surface area contributed by atoms with Crippen LogP contribution in [0.5, 0.6) is 17.4 Å². The topological polar surface area (TPSA) is 61.5 Å². The van der Waals surface area contributed by atoms with Crippen molar-refractivity contribution in [3.05, 3.63) is 65.9 Å². The van der Waals surface area contributed by atoms with Gasteiger partial charge >= 0.3 is 0 Å². The Labute approximate surface area is 156 Å². The van der Waals surface area contributed by atoms with E-state index in [4.69, 9.17) is 9.47 Å². The van der Waals surface area contributed by atoms with E-state index in [-0.39, 0.29) is 0 Å². The molecule has 5 rings (SSSR count). The number of rotatable bonds is 3. The Kier molecular flexibility index (Phi) is 3.57. The molecule has 0 fully saturated rings. The first-order valence-corrected chi connectivity index (χ1v) is 8.89. The van der Waals surface area contributed by atoms with Gasteiger partial charge in [0.25, 0.3) is 0 Å². The lowest BCUT2D eigenvalue weighted by molar-refractivity contribution is 0.356. The van der Waals surface area contributed by atoms with Crippen molar-refractivity contribution in [3.8, 4) is 28.6 Å². The molecule has 0 saturated carbocycles. The van der Waals surface area contributed by atoms with Crippen LogP contribution >= 0.6 is 0 Å². The van der Waals surface area contributed by atoms with Crippen molar-refractivity contribution < 1.29 is 9.47 Å². The first kappa shape index (κ1) is 15.8. The van der Waals surface area contributed by atoms with E-state index < -0.39 is 0 Å². The van der Waals surface area contributed by atoms with E-state index in [1.807, 2.05) is 31.3 Å². The molecular weight excluding hydrogens is 340 g/mol. The SMILES string of the molecule is Cc1cc(Oc2nccc3c2CCO3)ccc1-c1c(C)ncc2nccn12. The first-order chi connectivity index (χ1) is 13.2. The fraction of sp³-hybridized carbons (Fsp3) is 0.190. The normalized spacial score (nSPS) is 12.8. The molecule has 0 radical (unpaired) electrons. The van der Waals surface area contributed by atoms with E-state index in [0.717, 1.165) is 51.6 Å². The van der Waals surface area contributed by atoms with Crippen LogP contribution in [0.25, 0.3) is 16.9 Å². The molecule has 1 aliphatic heterocycles. The second-order valence-electron chi connectivity index (χ2n) is 6.62. The van der Waals surface area contributed by atoms with Crippen LogP contribution in [0, 0.1) is 13.8 Å². The van der Waals surface area contributed by atoms with Crippen LogP contribution in [-0.4, -0.2) is 26.0 Å². The van der Waals surface area contributed by atoms with Crippen LogP contribution in [0.2, 0.25) is 0 Å². The minimum absolute atomic E-state index is 0.617. The standard InChI is InChI=1S/C21H18N4O2/c1-13-11-15(27-21-17-6-10-26-18(17)5-7-23-21)3-4-16(13)20-14(2)24-12-19-22-8-9-25(19)20/h3-5,7-9,11-12H,6,10H2,1-2H3. The maximum atomic E-state index is 6.07. The molecule has 4 heterocycles. The summed E-state index contributed by atoms with van der Waals surface area (Å²) in [5.41, 5.74) is 6.06. The fourth-order valence-corrected chi connectivity index (χ4v) is 3.56. The smallest absolute Gasteiger partial charge is 0.226 e. The quantitative estimate of drug-likeness (QED) is 0.551. The second kappa shape index (κ2) is 6.09. The Balaban J connectivity index is 1.54.